The van der Waals surface area contributed by atoms with Gasteiger partial charge < -0.3 is 5.32 Å². The van der Waals surface area contributed by atoms with E-state index in [4.69, 9.17) is 0 Å². The van der Waals surface area contributed by atoms with Crippen molar-refractivity contribution in [2.75, 3.05) is 5.32 Å². The van der Waals surface area contributed by atoms with E-state index in [-0.39, 0.29) is 11.7 Å². The van der Waals surface area contributed by atoms with Gasteiger partial charge in [0.15, 0.2) is 0 Å². The Kier molecular flexibility index (Phi) is 5.82. The SMILES string of the molecule is Cc1cccc(C)c1NC(=O)c1c(/N=C/c2ccc(F)cc2)sc2c1CCC(C)C2. The number of nitrogens with zero attached hydrogens (tertiary/aromatic N) is 1. The first-order chi connectivity index (χ1) is 14.4. The number of para-hydroxylation sites is 1. The minimum absolute atomic E-state index is 0.106. The summed E-state index contributed by atoms with van der Waals surface area (Å²) >= 11 is 1.60. The van der Waals surface area contributed by atoms with Crippen molar-refractivity contribution < 1.29 is 9.18 Å². The molecular weight excluding hydrogens is 395 g/mol. The van der Waals surface area contributed by atoms with Gasteiger partial charge >= 0.3 is 0 Å². The molecule has 4 rings (SSSR count). The Balaban J connectivity index is 1.71. The zero-order chi connectivity index (χ0) is 21.3. The molecule has 1 unspecified atom stereocenters. The Morgan fingerprint density at radius 2 is 1.87 bits per heavy atom. The standard InChI is InChI=1S/C25H25FN2OS/c1-15-7-12-20-21(13-15)30-25(27-14-18-8-10-19(26)11-9-18)22(20)24(29)28-23-16(2)5-4-6-17(23)3/h4-6,8-11,14-15H,7,12-13H2,1-3H3,(H,28,29)/b27-14+. The average Bonchev–Trinajstić information content (AvgIpc) is 3.07. The first kappa shape index (κ1) is 20.5. The van der Waals surface area contributed by atoms with E-state index in [1.54, 1.807) is 29.7 Å². The van der Waals surface area contributed by atoms with Crippen LogP contribution in [0.1, 0.15) is 50.8 Å². The molecule has 1 heterocycles. The van der Waals surface area contributed by atoms with Crippen LogP contribution in [0.3, 0.4) is 0 Å². The number of rotatable bonds is 4. The fraction of sp³-hybridized carbons (Fsp3) is 0.280. The maximum Gasteiger partial charge on any atom is 0.259 e. The van der Waals surface area contributed by atoms with E-state index < -0.39 is 0 Å². The Bertz CT molecular complexity index is 1090. The summed E-state index contributed by atoms with van der Waals surface area (Å²) in [7, 11) is 0. The molecule has 3 aromatic rings. The highest BCUT2D eigenvalue weighted by atomic mass is 32.1. The normalized spacial score (nSPS) is 15.9. The van der Waals surface area contributed by atoms with Crippen LogP contribution in [-0.4, -0.2) is 12.1 Å². The lowest BCUT2D eigenvalue weighted by Gasteiger charge is -2.19. The monoisotopic (exact) mass is 420 g/mol. The number of halogens is 1. The maximum absolute atomic E-state index is 13.4. The third kappa shape index (κ3) is 4.21. The summed E-state index contributed by atoms with van der Waals surface area (Å²) in [5.41, 5.74) is 5.56. The van der Waals surface area contributed by atoms with Gasteiger partial charge in [0, 0.05) is 16.8 Å². The third-order valence-electron chi connectivity index (χ3n) is 5.64. The highest BCUT2D eigenvalue weighted by Gasteiger charge is 2.27. The van der Waals surface area contributed by atoms with Crippen molar-refractivity contribution >= 4 is 34.1 Å². The summed E-state index contributed by atoms with van der Waals surface area (Å²) in [5, 5.41) is 3.86. The molecule has 0 bridgehead atoms. The predicted octanol–water partition coefficient (Wildman–Crippen LogP) is 6.63. The van der Waals surface area contributed by atoms with E-state index >= 15 is 0 Å². The van der Waals surface area contributed by atoms with Gasteiger partial charge in [-0.15, -0.1) is 11.3 Å². The van der Waals surface area contributed by atoms with Crippen molar-refractivity contribution in [3.05, 3.63) is 81.0 Å². The van der Waals surface area contributed by atoms with Gasteiger partial charge in [0.05, 0.1) is 5.56 Å². The van der Waals surface area contributed by atoms with Gasteiger partial charge in [0.25, 0.3) is 5.91 Å². The van der Waals surface area contributed by atoms with Gasteiger partial charge in [0.1, 0.15) is 10.8 Å². The number of carbonyl (C=O) groups is 1. The first-order valence-corrected chi connectivity index (χ1v) is 11.1. The largest absolute Gasteiger partial charge is 0.321 e. The molecule has 1 N–H and O–H groups in total. The lowest BCUT2D eigenvalue weighted by molar-refractivity contribution is 0.102. The predicted molar refractivity (Wildman–Crippen MR) is 123 cm³/mol. The molecule has 5 heteroatoms. The molecule has 154 valence electrons. The van der Waals surface area contributed by atoms with Gasteiger partial charge in [-0.05, 0) is 73.4 Å². The number of anilines is 1. The molecule has 0 spiro atoms. The van der Waals surface area contributed by atoms with Gasteiger partial charge in [0.2, 0.25) is 0 Å². The molecule has 0 saturated heterocycles. The van der Waals surface area contributed by atoms with E-state index in [0.29, 0.717) is 11.5 Å². The number of fused-ring (bicyclic) bond motifs is 1. The molecule has 30 heavy (non-hydrogen) atoms. The van der Waals surface area contributed by atoms with E-state index in [2.05, 4.69) is 17.2 Å². The number of aryl methyl sites for hydroxylation is 2. The third-order valence-corrected chi connectivity index (χ3v) is 6.80. The topological polar surface area (TPSA) is 41.5 Å². The molecule has 1 amide bonds. The summed E-state index contributed by atoms with van der Waals surface area (Å²) in [6.07, 6.45) is 4.66. The minimum atomic E-state index is -0.276. The van der Waals surface area contributed by atoms with E-state index in [1.807, 2.05) is 32.0 Å². The fourth-order valence-corrected chi connectivity index (χ4v) is 5.28. The highest BCUT2D eigenvalue weighted by Crippen LogP contribution is 2.41. The van der Waals surface area contributed by atoms with E-state index in [9.17, 15) is 9.18 Å². The van der Waals surface area contributed by atoms with Gasteiger partial charge in [-0.1, -0.05) is 37.3 Å². The summed E-state index contributed by atoms with van der Waals surface area (Å²) in [4.78, 5) is 19.3. The lowest BCUT2D eigenvalue weighted by atomic mass is 9.88. The number of carbonyl (C=O) groups excluding carboxylic acids is 1. The molecular formula is C25H25FN2OS. The Morgan fingerprint density at radius 1 is 1.17 bits per heavy atom. The van der Waals surface area contributed by atoms with Gasteiger partial charge in [-0.25, -0.2) is 9.38 Å². The highest BCUT2D eigenvalue weighted by molar-refractivity contribution is 7.16. The van der Waals surface area contributed by atoms with Crippen LogP contribution in [0.15, 0.2) is 47.5 Å². The Morgan fingerprint density at radius 3 is 2.57 bits per heavy atom. The number of hydrogen-bond donors (Lipinski definition) is 1. The summed E-state index contributed by atoms with van der Waals surface area (Å²) in [6, 6.07) is 12.2. The Hall–Kier alpha value is -2.79. The van der Waals surface area contributed by atoms with Crippen LogP contribution < -0.4 is 5.32 Å². The quantitative estimate of drug-likeness (QED) is 0.473. The van der Waals surface area contributed by atoms with Crippen molar-refractivity contribution in [3.8, 4) is 0 Å². The summed E-state index contributed by atoms with van der Waals surface area (Å²) in [5.74, 6) is 0.228. The van der Waals surface area contributed by atoms with Crippen LogP contribution in [0, 0.1) is 25.6 Å². The molecule has 3 nitrogen and oxygen atoms in total. The zero-order valence-corrected chi connectivity index (χ0v) is 18.3. The molecule has 0 radical (unpaired) electrons. The second-order valence-corrected chi connectivity index (χ2v) is 9.15. The second kappa shape index (κ2) is 8.52. The van der Waals surface area contributed by atoms with Gasteiger partial charge in [-0.2, -0.15) is 0 Å². The molecule has 0 saturated carbocycles. The number of hydrogen-bond acceptors (Lipinski definition) is 3. The molecule has 1 aromatic heterocycles. The van der Waals surface area contributed by atoms with Crippen LogP contribution in [0.4, 0.5) is 15.1 Å². The fourth-order valence-electron chi connectivity index (χ4n) is 3.93. The lowest BCUT2D eigenvalue weighted by Crippen LogP contribution is -2.17. The van der Waals surface area contributed by atoms with Gasteiger partial charge in [-0.3, -0.25) is 4.79 Å². The van der Waals surface area contributed by atoms with Crippen LogP contribution >= 0.6 is 11.3 Å². The zero-order valence-electron chi connectivity index (χ0n) is 17.5. The molecule has 0 aliphatic heterocycles. The first-order valence-electron chi connectivity index (χ1n) is 10.2. The summed E-state index contributed by atoms with van der Waals surface area (Å²) < 4.78 is 13.2. The van der Waals surface area contributed by atoms with Crippen molar-refractivity contribution in [1.82, 2.24) is 0 Å². The maximum atomic E-state index is 13.4. The van der Waals surface area contributed by atoms with Crippen LogP contribution in [0.2, 0.25) is 0 Å². The van der Waals surface area contributed by atoms with Crippen molar-refractivity contribution in [2.24, 2.45) is 10.9 Å². The molecule has 0 fully saturated rings. The number of amides is 1. The number of aliphatic imine (C=N–C) groups is 1. The molecule has 2 aromatic carbocycles. The molecule has 1 aliphatic carbocycles. The Labute approximate surface area is 180 Å². The van der Waals surface area contributed by atoms with E-state index in [0.717, 1.165) is 52.2 Å². The minimum Gasteiger partial charge on any atom is -0.321 e. The molecule has 1 aliphatic rings. The van der Waals surface area contributed by atoms with Crippen molar-refractivity contribution in [3.63, 3.8) is 0 Å². The average molecular weight is 421 g/mol. The smallest absolute Gasteiger partial charge is 0.259 e. The van der Waals surface area contributed by atoms with Crippen LogP contribution in [0.25, 0.3) is 0 Å². The van der Waals surface area contributed by atoms with Crippen LogP contribution in [0.5, 0.6) is 0 Å². The van der Waals surface area contributed by atoms with Crippen molar-refractivity contribution in [2.45, 2.75) is 40.0 Å². The summed E-state index contributed by atoms with van der Waals surface area (Å²) in [6.45, 7) is 6.25. The molecule has 1 atom stereocenters. The van der Waals surface area contributed by atoms with Crippen molar-refractivity contribution in [1.29, 1.82) is 0 Å². The number of benzene rings is 2. The van der Waals surface area contributed by atoms with E-state index in [1.165, 1.54) is 17.0 Å². The second-order valence-electron chi connectivity index (χ2n) is 8.06. The number of thiophene rings is 1. The van der Waals surface area contributed by atoms with Crippen LogP contribution in [-0.2, 0) is 12.8 Å². The number of nitrogens with one attached hydrogen (secondary N) is 1.